The summed E-state index contributed by atoms with van der Waals surface area (Å²) >= 11 is 0. The molecule has 1 aromatic rings. The number of ether oxygens (including phenoxy) is 3. The number of hydrogen-bond acceptors (Lipinski definition) is 6. The minimum absolute atomic E-state index is 0.466. The molecule has 0 bridgehead atoms. The molecule has 0 spiro atoms. The predicted octanol–water partition coefficient (Wildman–Crippen LogP) is 1.15. The van der Waals surface area contributed by atoms with E-state index in [9.17, 15) is 4.79 Å². The molecule has 0 heterocycles. The van der Waals surface area contributed by atoms with Crippen LogP contribution in [-0.2, 0) is 9.63 Å². The summed E-state index contributed by atoms with van der Waals surface area (Å²) in [6.07, 6.45) is 1.35. The molecule has 104 valence electrons. The molecule has 7 nitrogen and oxygen atoms in total. The number of benzene rings is 1. The van der Waals surface area contributed by atoms with Gasteiger partial charge in [-0.2, -0.15) is 0 Å². The number of hydrogen-bond donors (Lipinski definition) is 1. The molecule has 0 aromatic heterocycles. The van der Waals surface area contributed by atoms with Gasteiger partial charge in [-0.1, -0.05) is 5.16 Å². The highest BCUT2D eigenvalue weighted by molar-refractivity contribution is 5.82. The average molecular weight is 269 g/mol. The Bertz CT molecular complexity index is 446. The van der Waals surface area contributed by atoms with Crippen LogP contribution in [0.15, 0.2) is 17.3 Å². The number of methoxy groups -OCH3 is 3. The lowest BCUT2D eigenvalue weighted by molar-refractivity contribution is -0.142. The van der Waals surface area contributed by atoms with Gasteiger partial charge in [-0.25, -0.2) is 4.79 Å². The molecule has 0 amide bonds. The fraction of sp³-hybridized carbons (Fsp3) is 0.333. The quantitative estimate of drug-likeness (QED) is 0.590. The Labute approximate surface area is 110 Å². The second-order valence-electron chi connectivity index (χ2n) is 3.36. The van der Waals surface area contributed by atoms with E-state index in [0.29, 0.717) is 22.8 Å². The number of oxime groups is 1. The number of carbonyl (C=O) groups is 1. The molecule has 0 saturated heterocycles. The summed E-state index contributed by atoms with van der Waals surface area (Å²) in [7, 11) is 4.50. The summed E-state index contributed by atoms with van der Waals surface area (Å²) in [6, 6.07) is 3.32. The Morgan fingerprint density at radius 3 is 2.21 bits per heavy atom. The largest absolute Gasteiger partial charge is 0.493 e. The minimum Gasteiger partial charge on any atom is -0.493 e. The van der Waals surface area contributed by atoms with Crippen molar-refractivity contribution < 1.29 is 28.9 Å². The van der Waals surface area contributed by atoms with Crippen molar-refractivity contribution in [2.75, 3.05) is 27.9 Å². The van der Waals surface area contributed by atoms with E-state index in [1.165, 1.54) is 27.5 Å². The van der Waals surface area contributed by atoms with Crippen molar-refractivity contribution >= 4 is 12.2 Å². The van der Waals surface area contributed by atoms with Crippen molar-refractivity contribution in [2.24, 2.45) is 5.16 Å². The van der Waals surface area contributed by atoms with E-state index >= 15 is 0 Å². The van der Waals surface area contributed by atoms with Crippen LogP contribution in [0.1, 0.15) is 5.56 Å². The first kappa shape index (κ1) is 14.6. The van der Waals surface area contributed by atoms with E-state index in [-0.39, 0.29) is 0 Å². The number of carboxylic acids is 1. The van der Waals surface area contributed by atoms with Crippen molar-refractivity contribution in [1.29, 1.82) is 0 Å². The highest BCUT2D eigenvalue weighted by atomic mass is 16.6. The van der Waals surface area contributed by atoms with E-state index < -0.39 is 12.6 Å². The van der Waals surface area contributed by atoms with Gasteiger partial charge in [0.15, 0.2) is 11.5 Å². The Balaban J connectivity index is 2.93. The summed E-state index contributed by atoms with van der Waals surface area (Å²) < 4.78 is 15.5. The molecule has 19 heavy (non-hydrogen) atoms. The summed E-state index contributed by atoms with van der Waals surface area (Å²) in [6.45, 7) is -0.499. The Hall–Kier alpha value is -2.44. The predicted molar refractivity (Wildman–Crippen MR) is 67.3 cm³/mol. The monoisotopic (exact) mass is 269 g/mol. The van der Waals surface area contributed by atoms with Crippen LogP contribution in [0.25, 0.3) is 0 Å². The molecule has 1 rings (SSSR count). The van der Waals surface area contributed by atoms with Crippen LogP contribution in [0.2, 0.25) is 0 Å². The summed E-state index contributed by atoms with van der Waals surface area (Å²) in [5.41, 5.74) is 0.625. The third-order valence-electron chi connectivity index (χ3n) is 2.15. The van der Waals surface area contributed by atoms with Crippen LogP contribution in [0.5, 0.6) is 17.2 Å². The highest BCUT2D eigenvalue weighted by Gasteiger charge is 2.12. The third-order valence-corrected chi connectivity index (χ3v) is 2.15. The van der Waals surface area contributed by atoms with Gasteiger partial charge in [0, 0.05) is 5.56 Å². The van der Waals surface area contributed by atoms with E-state index in [0.717, 1.165) is 0 Å². The van der Waals surface area contributed by atoms with Crippen LogP contribution in [0.3, 0.4) is 0 Å². The molecule has 0 radical (unpaired) electrons. The number of rotatable bonds is 7. The zero-order valence-electron chi connectivity index (χ0n) is 10.9. The van der Waals surface area contributed by atoms with E-state index in [4.69, 9.17) is 19.3 Å². The normalized spacial score (nSPS) is 10.3. The van der Waals surface area contributed by atoms with Crippen LogP contribution in [0.4, 0.5) is 0 Å². The van der Waals surface area contributed by atoms with E-state index in [1.54, 1.807) is 12.1 Å². The van der Waals surface area contributed by atoms with Gasteiger partial charge in [0.2, 0.25) is 12.4 Å². The maximum Gasteiger partial charge on any atom is 0.344 e. The van der Waals surface area contributed by atoms with Crippen molar-refractivity contribution in [3.8, 4) is 17.2 Å². The first-order valence-electron chi connectivity index (χ1n) is 5.29. The Morgan fingerprint density at radius 1 is 1.21 bits per heavy atom. The first-order valence-corrected chi connectivity index (χ1v) is 5.29. The molecule has 0 atom stereocenters. The summed E-state index contributed by atoms with van der Waals surface area (Å²) in [5, 5.41) is 11.9. The molecule has 1 aromatic carbocycles. The summed E-state index contributed by atoms with van der Waals surface area (Å²) in [4.78, 5) is 14.8. The average Bonchev–Trinajstić information content (AvgIpc) is 2.42. The summed E-state index contributed by atoms with van der Waals surface area (Å²) in [5.74, 6) is 0.318. The van der Waals surface area contributed by atoms with Crippen molar-refractivity contribution in [2.45, 2.75) is 0 Å². The molecule has 0 aliphatic carbocycles. The second kappa shape index (κ2) is 7.10. The van der Waals surface area contributed by atoms with Gasteiger partial charge in [-0.05, 0) is 12.1 Å². The minimum atomic E-state index is -1.10. The Kier molecular flexibility index (Phi) is 5.46. The first-order chi connectivity index (χ1) is 9.12. The fourth-order valence-electron chi connectivity index (χ4n) is 1.37. The number of nitrogens with zero attached hydrogens (tertiary/aromatic N) is 1. The SMILES string of the molecule is COc1cc(C=NOCC(=O)O)cc(OC)c1OC. The lowest BCUT2D eigenvalue weighted by atomic mass is 10.2. The molecule has 0 aliphatic heterocycles. The van der Waals surface area contributed by atoms with Crippen LogP contribution < -0.4 is 14.2 Å². The maximum atomic E-state index is 10.2. The van der Waals surface area contributed by atoms with Gasteiger partial charge in [-0.15, -0.1) is 0 Å². The second-order valence-corrected chi connectivity index (χ2v) is 3.36. The third kappa shape index (κ3) is 4.06. The van der Waals surface area contributed by atoms with Gasteiger partial charge in [0.05, 0.1) is 27.5 Å². The van der Waals surface area contributed by atoms with Crippen molar-refractivity contribution in [3.05, 3.63) is 17.7 Å². The van der Waals surface area contributed by atoms with Gasteiger partial charge in [-0.3, -0.25) is 0 Å². The molecule has 7 heteroatoms. The lowest BCUT2D eigenvalue weighted by Crippen LogP contribution is -2.03. The zero-order valence-corrected chi connectivity index (χ0v) is 10.9. The van der Waals surface area contributed by atoms with E-state index in [2.05, 4.69) is 9.99 Å². The molecular formula is C12H15NO6. The molecule has 1 N–H and O–H groups in total. The maximum absolute atomic E-state index is 10.2. The van der Waals surface area contributed by atoms with Gasteiger partial charge >= 0.3 is 5.97 Å². The smallest absolute Gasteiger partial charge is 0.344 e. The molecule has 0 fully saturated rings. The van der Waals surface area contributed by atoms with Gasteiger partial charge < -0.3 is 24.2 Å². The lowest BCUT2D eigenvalue weighted by Gasteiger charge is -2.12. The fourth-order valence-corrected chi connectivity index (χ4v) is 1.37. The molecular weight excluding hydrogens is 254 g/mol. The Morgan fingerprint density at radius 2 is 1.79 bits per heavy atom. The van der Waals surface area contributed by atoms with E-state index in [1.807, 2.05) is 0 Å². The highest BCUT2D eigenvalue weighted by Crippen LogP contribution is 2.37. The van der Waals surface area contributed by atoms with Crippen LogP contribution in [-0.4, -0.2) is 45.2 Å². The van der Waals surface area contributed by atoms with Crippen LogP contribution in [0, 0.1) is 0 Å². The van der Waals surface area contributed by atoms with Crippen LogP contribution >= 0.6 is 0 Å². The molecule has 0 saturated carbocycles. The van der Waals surface area contributed by atoms with Gasteiger partial charge in [0.1, 0.15) is 0 Å². The van der Waals surface area contributed by atoms with Crippen molar-refractivity contribution in [1.82, 2.24) is 0 Å². The zero-order chi connectivity index (χ0) is 14.3. The topological polar surface area (TPSA) is 86.6 Å². The number of aliphatic carboxylic acids is 1. The standard InChI is InChI=1S/C12H15NO6/c1-16-9-4-8(6-13-19-7-11(14)15)5-10(17-2)12(9)18-3/h4-6H,7H2,1-3H3,(H,14,15). The van der Waals surface area contributed by atoms with Gasteiger partial charge in [0.25, 0.3) is 0 Å². The molecule has 0 unspecified atom stereocenters. The van der Waals surface area contributed by atoms with Crippen molar-refractivity contribution in [3.63, 3.8) is 0 Å². The molecule has 0 aliphatic rings. The number of carboxylic acid groups (broad SMARTS) is 1.